The van der Waals surface area contributed by atoms with Crippen molar-refractivity contribution in [3.63, 3.8) is 0 Å². The highest BCUT2D eigenvalue weighted by Gasteiger charge is 2.10. The molecule has 15 heavy (non-hydrogen) atoms. The summed E-state index contributed by atoms with van der Waals surface area (Å²) in [7, 11) is 1.40. The highest BCUT2D eigenvalue weighted by Crippen LogP contribution is 2.28. The molecule has 0 radical (unpaired) electrons. The minimum absolute atomic E-state index is 0.178. The number of benzene rings is 1. The molecule has 1 aromatic heterocycles. The normalized spacial score (nSPS) is 10.3. The summed E-state index contributed by atoms with van der Waals surface area (Å²) >= 11 is 0. The van der Waals surface area contributed by atoms with Crippen molar-refractivity contribution in [3.8, 4) is 17.1 Å². The Morgan fingerprint density at radius 3 is 2.80 bits per heavy atom. The van der Waals surface area contributed by atoms with Crippen LogP contribution in [0.4, 0.5) is 10.1 Å². The first kappa shape index (κ1) is 9.51. The van der Waals surface area contributed by atoms with E-state index in [9.17, 15) is 4.39 Å². The predicted molar refractivity (Wildman–Crippen MR) is 52.9 cm³/mol. The zero-order valence-corrected chi connectivity index (χ0v) is 8.03. The summed E-state index contributed by atoms with van der Waals surface area (Å²) in [5, 5.41) is 3.52. The van der Waals surface area contributed by atoms with Crippen LogP contribution in [0.15, 0.2) is 28.9 Å². The lowest BCUT2D eigenvalue weighted by Gasteiger charge is -2.02. The quantitative estimate of drug-likeness (QED) is 0.820. The topological polar surface area (TPSA) is 61.3 Å². The van der Waals surface area contributed by atoms with E-state index in [1.807, 2.05) is 0 Å². The molecule has 0 unspecified atom stereocenters. The molecule has 2 N–H and O–H groups in total. The van der Waals surface area contributed by atoms with Crippen molar-refractivity contribution in [2.75, 3.05) is 12.8 Å². The summed E-state index contributed by atoms with van der Waals surface area (Å²) in [5.74, 6) is 0.0687. The van der Waals surface area contributed by atoms with Gasteiger partial charge in [0.25, 0.3) is 0 Å². The van der Waals surface area contributed by atoms with Gasteiger partial charge >= 0.3 is 0 Å². The molecular formula is C10H9FN2O2. The summed E-state index contributed by atoms with van der Waals surface area (Å²) < 4.78 is 23.0. The van der Waals surface area contributed by atoms with Crippen molar-refractivity contribution < 1.29 is 13.7 Å². The van der Waals surface area contributed by atoms with Crippen molar-refractivity contribution >= 4 is 5.69 Å². The molecule has 2 rings (SSSR count). The molecule has 4 nitrogen and oxygen atoms in total. The number of aromatic nitrogens is 1. The van der Waals surface area contributed by atoms with Crippen molar-refractivity contribution in [2.45, 2.75) is 0 Å². The Labute approximate surface area is 85.4 Å². The molecule has 0 aliphatic rings. The Kier molecular flexibility index (Phi) is 2.29. The van der Waals surface area contributed by atoms with E-state index in [0.29, 0.717) is 17.0 Å². The van der Waals surface area contributed by atoms with Crippen LogP contribution in [0, 0.1) is 5.82 Å². The van der Waals surface area contributed by atoms with E-state index in [-0.39, 0.29) is 5.75 Å². The summed E-state index contributed by atoms with van der Waals surface area (Å²) in [5.41, 5.74) is 6.49. The predicted octanol–water partition coefficient (Wildman–Crippen LogP) is 2.07. The molecule has 2 aromatic rings. The SMILES string of the molecule is COc1ccc(-c2oncc2N)cc1F. The first-order chi connectivity index (χ1) is 7.22. The van der Waals surface area contributed by atoms with Crippen LogP contribution in [0.2, 0.25) is 0 Å². The second kappa shape index (κ2) is 3.61. The van der Waals surface area contributed by atoms with Gasteiger partial charge in [0.1, 0.15) is 5.69 Å². The molecule has 78 valence electrons. The van der Waals surface area contributed by atoms with E-state index in [1.165, 1.54) is 25.4 Å². The van der Waals surface area contributed by atoms with Gasteiger partial charge in [-0.25, -0.2) is 4.39 Å². The van der Waals surface area contributed by atoms with Gasteiger partial charge in [0.2, 0.25) is 0 Å². The highest BCUT2D eigenvalue weighted by atomic mass is 19.1. The number of hydrogen-bond donors (Lipinski definition) is 1. The van der Waals surface area contributed by atoms with E-state index in [1.54, 1.807) is 6.07 Å². The number of rotatable bonds is 2. The smallest absolute Gasteiger partial charge is 0.189 e. The van der Waals surface area contributed by atoms with Crippen LogP contribution >= 0.6 is 0 Å². The highest BCUT2D eigenvalue weighted by molar-refractivity contribution is 5.70. The number of hydrogen-bond acceptors (Lipinski definition) is 4. The lowest BCUT2D eigenvalue weighted by atomic mass is 10.1. The van der Waals surface area contributed by atoms with Gasteiger partial charge in [-0.05, 0) is 18.2 Å². The first-order valence-corrected chi connectivity index (χ1v) is 4.26. The molecule has 0 atom stereocenters. The Bertz CT molecular complexity index is 482. The zero-order chi connectivity index (χ0) is 10.8. The average molecular weight is 208 g/mol. The Balaban J connectivity index is 2.47. The van der Waals surface area contributed by atoms with Crippen LogP contribution in [0.5, 0.6) is 5.75 Å². The summed E-state index contributed by atoms with van der Waals surface area (Å²) in [6, 6.07) is 4.45. The summed E-state index contributed by atoms with van der Waals surface area (Å²) in [4.78, 5) is 0. The fraction of sp³-hybridized carbons (Fsp3) is 0.100. The van der Waals surface area contributed by atoms with Gasteiger partial charge in [-0.3, -0.25) is 0 Å². The molecule has 1 heterocycles. The third kappa shape index (κ3) is 1.63. The van der Waals surface area contributed by atoms with Crippen LogP contribution < -0.4 is 10.5 Å². The van der Waals surface area contributed by atoms with Gasteiger partial charge in [-0.2, -0.15) is 0 Å². The van der Waals surface area contributed by atoms with Crippen LogP contribution in [0.3, 0.4) is 0 Å². The summed E-state index contributed by atoms with van der Waals surface area (Å²) in [6.45, 7) is 0. The molecule has 0 fully saturated rings. The number of nitrogens with zero attached hydrogens (tertiary/aromatic N) is 1. The van der Waals surface area contributed by atoms with Crippen LogP contribution in [-0.2, 0) is 0 Å². The fourth-order valence-electron chi connectivity index (χ4n) is 1.27. The minimum Gasteiger partial charge on any atom is -0.494 e. The molecule has 0 aliphatic carbocycles. The van der Waals surface area contributed by atoms with Crippen LogP contribution in [0.1, 0.15) is 0 Å². The van der Waals surface area contributed by atoms with Gasteiger partial charge in [0.15, 0.2) is 17.3 Å². The molecular weight excluding hydrogens is 199 g/mol. The van der Waals surface area contributed by atoms with Crippen LogP contribution in [-0.4, -0.2) is 12.3 Å². The van der Waals surface area contributed by atoms with Gasteiger partial charge in [0.05, 0.1) is 13.3 Å². The number of methoxy groups -OCH3 is 1. The molecule has 0 spiro atoms. The number of anilines is 1. The Morgan fingerprint density at radius 1 is 1.47 bits per heavy atom. The number of ether oxygens (including phenoxy) is 1. The molecule has 5 heteroatoms. The molecule has 0 aliphatic heterocycles. The molecule has 0 bridgehead atoms. The third-order valence-electron chi connectivity index (χ3n) is 2.01. The van der Waals surface area contributed by atoms with E-state index in [4.69, 9.17) is 15.0 Å². The summed E-state index contributed by atoms with van der Waals surface area (Å²) in [6.07, 6.45) is 1.37. The van der Waals surface area contributed by atoms with E-state index in [0.717, 1.165) is 0 Å². The van der Waals surface area contributed by atoms with Gasteiger partial charge in [0, 0.05) is 5.56 Å². The van der Waals surface area contributed by atoms with Gasteiger partial charge < -0.3 is 15.0 Å². The third-order valence-corrected chi connectivity index (χ3v) is 2.01. The van der Waals surface area contributed by atoms with Gasteiger partial charge in [-0.15, -0.1) is 0 Å². The minimum atomic E-state index is -0.467. The van der Waals surface area contributed by atoms with E-state index in [2.05, 4.69) is 5.16 Å². The Hall–Kier alpha value is -2.04. The maximum atomic E-state index is 13.3. The van der Waals surface area contributed by atoms with Crippen molar-refractivity contribution in [3.05, 3.63) is 30.2 Å². The molecule has 0 saturated carbocycles. The monoisotopic (exact) mass is 208 g/mol. The van der Waals surface area contributed by atoms with E-state index >= 15 is 0 Å². The van der Waals surface area contributed by atoms with E-state index < -0.39 is 5.82 Å². The number of nitrogens with two attached hydrogens (primary N) is 1. The van der Waals surface area contributed by atoms with Crippen molar-refractivity contribution in [1.82, 2.24) is 5.16 Å². The fourth-order valence-corrected chi connectivity index (χ4v) is 1.27. The zero-order valence-electron chi connectivity index (χ0n) is 8.03. The molecule has 1 aromatic carbocycles. The largest absolute Gasteiger partial charge is 0.494 e. The van der Waals surface area contributed by atoms with Crippen LogP contribution in [0.25, 0.3) is 11.3 Å². The second-order valence-corrected chi connectivity index (χ2v) is 2.96. The second-order valence-electron chi connectivity index (χ2n) is 2.96. The number of halogens is 1. The lowest BCUT2D eigenvalue weighted by Crippen LogP contribution is -1.89. The molecule has 0 amide bonds. The lowest BCUT2D eigenvalue weighted by molar-refractivity contribution is 0.386. The standard InChI is InChI=1S/C10H9FN2O2/c1-14-9-3-2-6(4-7(9)11)10-8(12)5-13-15-10/h2-5H,12H2,1H3. The maximum absolute atomic E-state index is 13.3. The maximum Gasteiger partial charge on any atom is 0.189 e. The number of nitrogen functional groups attached to an aromatic ring is 1. The van der Waals surface area contributed by atoms with Crippen molar-refractivity contribution in [2.24, 2.45) is 0 Å². The van der Waals surface area contributed by atoms with Gasteiger partial charge in [-0.1, -0.05) is 5.16 Å². The van der Waals surface area contributed by atoms with Crippen molar-refractivity contribution in [1.29, 1.82) is 0 Å². The molecule has 0 saturated heterocycles. The Morgan fingerprint density at radius 2 is 2.27 bits per heavy atom. The first-order valence-electron chi connectivity index (χ1n) is 4.26. The average Bonchev–Trinajstić information content (AvgIpc) is 2.64.